The van der Waals surface area contributed by atoms with Crippen LogP contribution in [0, 0.1) is 5.92 Å². The molecule has 0 N–H and O–H groups in total. The molecule has 1 aromatic heterocycles. The number of aromatic nitrogens is 2. The van der Waals surface area contributed by atoms with Crippen LogP contribution in [0.15, 0.2) is 8.68 Å². The van der Waals surface area contributed by atoms with E-state index in [1.54, 1.807) is 11.3 Å². The molecule has 0 radical (unpaired) electrons. The molecule has 0 unspecified atom stereocenters. The van der Waals surface area contributed by atoms with E-state index in [1.165, 1.54) is 25.7 Å². The lowest BCUT2D eigenvalue weighted by molar-refractivity contribution is 0.0728. The Morgan fingerprint density at radius 3 is 2.67 bits per heavy atom. The summed E-state index contributed by atoms with van der Waals surface area (Å²) in [6.45, 7) is 4.08. The van der Waals surface area contributed by atoms with Gasteiger partial charge in [-0.3, -0.25) is 0 Å². The summed E-state index contributed by atoms with van der Waals surface area (Å²) in [5.41, 5.74) is 0. The fourth-order valence-corrected chi connectivity index (χ4v) is 5.11. The predicted molar refractivity (Wildman–Crippen MR) is 79.8 cm³/mol. The van der Waals surface area contributed by atoms with E-state index in [4.69, 9.17) is 4.74 Å². The number of hydrogen-bond acceptors (Lipinski definition) is 6. The minimum Gasteiger partial charge on any atom is -0.381 e. The van der Waals surface area contributed by atoms with Crippen molar-refractivity contribution >= 4 is 34.9 Å². The van der Waals surface area contributed by atoms with Gasteiger partial charge in [0, 0.05) is 24.7 Å². The third-order valence-corrected chi connectivity index (χ3v) is 6.40. The van der Waals surface area contributed by atoms with Gasteiger partial charge in [0.15, 0.2) is 8.68 Å². The van der Waals surface area contributed by atoms with E-state index in [0.29, 0.717) is 0 Å². The Labute approximate surface area is 121 Å². The summed E-state index contributed by atoms with van der Waals surface area (Å²) in [4.78, 5) is 0. The van der Waals surface area contributed by atoms with Crippen LogP contribution in [-0.4, -0.2) is 34.9 Å². The predicted octanol–water partition coefficient (Wildman–Crippen LogP) is 3.95. The highest BCUT2D eigenvalue weighted by atomic mass is 32.2. The number of unbranched alkanes of at least 4 members (excludes halogenated alkanes) is 1. The fourth-order valence-electron chi connectivity index (χ4n) is 1.72. The molecule has 0 spiro atoms. The van der Waals surface area contributed by atoms with Crippen LogP contribution in [0.3, 0.4) is 0 Å². The van der Waals surface area contributed by atoms with E-state index in [1.807, 2.05) is 23.5 Å². The van der Waals surface area contributed by atoms with Gasteiger partial charge in [-0.15, -0.1) is 10.2 Å². The zero-order valence-corrected chi connectivity index (χ0v) is 13.2. The number of thioether (sulfide) groups is 2. The summed E-state index contributed by atoms with van der Waals surface area (Å²) in [5, 5.41) is 8.50. The second-order valence-corrected chi connectivity index (χ2v) is 7.99. The van der Waals surface area contributed by atoms with Gasteiger partial charge in [0.05, 0.1) is 0 Å². The maximum Gasteiger partial charge on any atom is 0.175 e. The molecule has 0 aliphatic carbocycles. The summed E-state index contributed by atoms with van der Waals surface area (Å²) in [6.07, 6.45) is 4.90. The van der Waals surface area contributed by atoms with Crippen molar-refractivity contribution in [1.29, 1.82) is 0 Å². The van der Waals surface area contributed by atoms with Crippen LogP contribution in [0.4, 0.5) is 0 Å². The first-order chi connectivity index (χ1) is 8.88. The lowest BCUT2D eigenvalue weighted by atomic mass is 10.0. The van der Waals surface area contributed by atoms with Gasteiger partial charge in [-0.25, -0.2) is 0 Å². The lowest BCUT2D eigenvalue weighted by Crippen LogP contribution is -2.17. The first kappa shape index (κ1) is 14.6. The molecular weight excluding hydrogens is 284 g/mol. The molecule has 3 nitrogen and oxygen atoms in total. The largest absolute Gasteiger partial charge is 0.381 e. The average molecular weight is 305 g/mol. The maximum atomic E-state index is 5.37. The molecule has 0 saturated carbocycles. The smallest absolute Gasteiger partial charge is 0.175 e. The highest BCUT2D eigenvalue weighted by Crippen LogP contribution is 2.31. The van der Waals surface area contributed by atoms with Crippen molar-refractivity contribution in [2.45, 2.75) is 41.3 Å². The first-order valence-corrected chi connectivity index (χ1v) is 9.34. The van der Waals surface area contributed by atoms with Crippen LogP contribution < -0.4 is 0 Å². The van der Waals surface area contributed by atoms with Gasteiger partial charge in [-0.05, 0) is 25.2 Å². The second kappa shape index (κ2) is 8.40. The van der Waals surface area contributed by atoms with Gasteiger partial charge in [0.25, 0.3) is 0 Å². The van der Waals surface area contributed by atoms with Crippen molar-refractivity contribution in [3.05, 3.63) is 0 Å². The number of rotatable bonds is 7. The van der Waals surface area contributed by atoms with E-state index < -0.39 is 0 Å². The van der Waals surface area contributed by atoms with Gasteiger partial charge >= 0.3 is 0 Å². The molecule has 1 aliphatic rings. The monoisotopic (exact) mass is 304 g/mol. The molecule has 2 rings (SSSR count). The Bertz CT molecular complexity index is 340. The molecule has 0 atom stereocenters. The maximum absolute atomic E-state index is 5.37. The van der Waals surface area contributed by atoms with Crippen molar-refractivity contribution in [2.24, 2.45) is 5.92 Å². The SMILES string of the molecule is CCCCSc1nnc(SCC2CCOCC2)s1. The third kappa shape index (κ3) is 5.07. The van der Waals surface area contributed by atoms with Crippen molar-refractivity contribution in [3.8, 4) is 0 Å². The molecule has 2 heterocycles. The highest BCUT2D eigenvalue weighted by Gasteiger charge is 2.15. The number of hydrogen-bond donors (Lipinski definition) is 0. The molecular formula is C12H20N2OS3. The lowest BCUT2D eigenvalue weighted by Gasteiger charge is -2.20. The quantitative estimate of drug-likeness (QED) is 0.563. The standard InChI is InChI=1S/C12H20N2OS3/c1-2-3-8-16-11-13-14-12(18-11)17-9-10-4-6-15-7-5-10/h10H,2-9H2,1H3. The van der Waals surface area contributed by atoms with Gasteiger partial charge < -0.3 is 4.74 Å². The zero-order valence-electron chi connectivity index (χ0n) is 10.8. The second-order valence-electron chi connectivity index (χ2n) is 4.40. The zero-order chi connectivity index (χ0) is 12.6. The Balaban J connectivity index is 1.69. The molecule has 0 bridgehead atoms. The van der Waals surface area contributed by atoms with E-state index in [-0.39, 0.29) is 0 Å². The van der Waals surface area contributed by atoms with E-state index in [9.17, 15) is 0 Å². The van der Waals surface area contributed by atoms with E-state index >= 15 is 0 Å². The summed E-state index contributed by atoms with van der Waals surface area (Å²) in [7, 11) is 0. The normalized spacial score (nSPS) is 17.2. The molecule has 1 saturated heterocycles. The highest BCUT2D eigenvalue weighted by molar-refractivity contribution is 8.03. The third-order valence-electron chi connectivity index (χ3n) is 2.89. The molecule has 0 amide bonds. The minimum atomic E-state index is 0.795. The molecule has 6 heteroatoms. The number of nitrogens with zero attached hydrogens (tertiary/aromatic N) is 2. The van der Waals surface area contributed by atoms with Crippen LogP contribution in [0.2, 0.25) is 0 Å². The molecule has 18 heavy (non-hydrogen) atoms. The molecule has 102 valence electrons. The Kier molecular flexibility index (Phi) is 6.83. The van der Waals surface area contributed by atoms with E-state index in [2.05, 4.69) is 17.1 Å². The van der Waals surface area contributed by atoms with Crippen LogP contribution in [0.1, 0.15) is 32.6 Å². The Morgan fingerprint density at radius 1 is 1.22 bits per heavy atom. The van der Waals surface area contributed by atoms with E-state index in [0.717, 1.165) is 39.3 Å². The van der Waals surface area contributed by atoms with Crippen molar-refractivity contribution in [1.82, 2.24) is 10.2 Å². The van der Waals surface area contributed by atoms with Crippen LogP contribution in [0.25, 0.3) is 0 Å². The topological polar surface area (TPSA) is 35.0 Å². The van der Waals surface area contributed by atoms with Crippen molar-refractivity contribution in [2.75, 3.05) is 24.7 Å². The summed E-state index contributed by atoms with van der Waals surface area (Å²) < 4.78 is 7.62. The minimum absolute atomic E-state index is 0.795. The van der Waals surface area contributed by atoms with Crippen LogP contribution in [0.5, 0.6) is 0 Å². The number of ether oxygens (including phenoxy) is 1. The summed E-state index contributed by atoms with van der Waals surface area (Å²) >= 11 is 5.45. The van der Waals surface area contributed by atoms with Gasteiger partial charge in [-0.2, -0.15) is 0 Å². The molecule has 0 aromatic carbocycles. The van der Waals surface area contributed by atoms with Crippen LogP contribution in [-0.2, 0) is 4.74 Å². The molecule has 1 aliphatic heterocycles. The Hall–Kier alpha value is 0.220. The molecule has 1 fully saturated rings. The summed E-state index contributed by atoms with van der Waals surface area (Å²) in [5.74, 6) is 3.12. The van der Waals surface area contributed by atoms with Crippen LogP contribution >= 0.6 is 34.9 Å². The Morgan fingerprint density at radius 2 is 1.94 bits per heavy atom. The van der Waals surface area contributed by atoms with Crippen molar-refractivity contribution < 1.29 is 4.74 Å². The van der Waals surface area contributed by atoms with Gasteiger partial charge in [-0.1, -0.05) is 48.2 Å². The van der Waals surface area contributed by atoms with Gasteiger partial charge in [0.1, 0.15) is 0 Å². The summed E-state index contributed by atoms with van der Waals surface area (Å²) in [6, 6.07) is 0. The fraction of sp³-hybridized carbons (Fsp3) is 0.833. The van der Waals surface area contributed by atoms with Crippen molar-refractivity contribution in [3.63, 3.8) is 0 Å². The first-order valence-electron chi connectivity index (χ1n) is 6.55. The molecule has 1 aromatic rings. The average Bonchev–Trinajstić information content (AvgIpc) is 2.86. The van der Waals surface area contributed by atoms with Gasteiger partial charge in [0.2, 0.25) is 0 Å².